The fourth-order valence-corrected chi connectivity index (χ4v) is 4.55. The quantitative estimate of drug-likeness (QED) is 0.746. The zero-order valence-electron chi connectivity index (χ0n) is 16.3. The maximum Gasteiger partial charge on any atom is 0.230 e. The Balaban J connectivity index is 1.55. The summed E-state index contributed by atoms with van der Waals surface area (Å²) in [4.78, 5) is 38.1. The van der Waals surface area contributed by atoms with Crippen LogP contribution in [0.15, 0.2) is 30.7 Å². The summed E-state index contributed by atoms with van der Waals surface area (Å²) < 4.78 is 6.18. The lowest BCUT2D eigenvalue weighted by Crippen LogP contribution is -2.45. The summed E-state index contributed by atoms with van der Waals surface area (Å²) in [6, 6.07) is 0. The molecule has 4 rings (SSSR count). The number of carbonyl (C=O) groups is 2. The van der Waals surface area contributed by atoms with Crippen molar-refractivity contribution in [2.45, 2.75) is 39.0 Å². The molecule has 4 atom stereocenters. The van der Waals surface area contributed by atoms with E-state index in [0.717, 1.165) is 5.69 Å². The molecule has 0 saturated carbocycles. The molecule has 27 heavy (non-hydrogen) atoms. The summed E-state index contributed by atoms with van der Waals surface area (Å²) in [5.41, 5.74) is 0.0603. The van der Waals surface area contributed by atoms with Gasteiger partial charge in [0.15, 0.2) is 0 Å². The van der Waals surface area contributed by atoms with Crippen molar-refractivity contribution in [3.8, 4) is 0 Å². The van der Waals surface area contributed by atoms with E-state index in [1.54, 1.807) is 30.5 Å². The Kier molecular flexibility index (Phi) is 4.10. The van der Waals surface area contributed by atoms with Crippen LogP contribution in [0.4, 0.5) is 0 Å². The van der Waals surface area contributed by atoms with E-state index in [4.69, 9.17) is 4.74 Å². The fraction of sp³-hybridized carbons (Fsp3) is 0.600. The Morgan fingerprint density at radius 3 is 2.85 bits per heavy atom. The zero-order valence-corrected chi connectivity index (χ0v) is 16.3. The minimum Gasteiger partial charge on any atom is -0.360 e. The zero-order chi connectivity index (χ0) is 19.4. The van der Waals surface area contributed by atoms with E-state index in [1.807, 2.05) is 17.1 Å². The van der Waals surface area contributed by atoms with Crippen molar-refractivity contribution in [1.82, 2.24) is 19.8 Å². The minimum absolute atomic E-state index is 0.00503. The lowest BCUT2D eigenvalue weighted by molar-refractivity contribution is -0.143. The summed E-state index contributed by atoms with van der Waals surface area (Å²) in [5, 5.41) is 0. The Hall–Kier alpha value is -2.28. The second-order valence-electron chi connectivity index (χ2n) is 9.05. The molecule has 3 aliphatic rings. The molecule has 7 nitrogen and oxygen atoms in total. The SMILES string of the molecule is CN(Cc1cnccn1)C(=O)[C@H]1[C@@H]2C=C[C@@]3(CN(CC(C)(C)C)C(=O)[C@@H]13)O2. The molecule has 7 heteroatoms. The van der Waals surface area contributed by atoms with Gasteiger partial charge in [-0.2, -0.15) is 0 Å². The van der Waals surface area contributed by atoms with Crippen LogP contribution in [0.5, 0.6) is 0 Å². The molecule has 0 aromatic carbocycles. The third kappa shape index (κ3) is 3.04. The van der Waals surface area contributed by atoms with Gasteiger partial charge in [-0.1, -0.05) is 32.9 Å². The second-order valence-corrected chi connectivity index (χ2v) is 9.05. The smallest absolute Gasteiger partial charge is 0.230 e. The number of likely N-dealkylation sites (tertiary alicyclic amines) is 1. The van der Waals surface area contributed by atoms with Crippen molar-refractivity contribution in [1.29, 1.82) is 0 Å². The monoisotopic (exact) mass is 370 g/mol. The highest BCUT2D eigenvalue weighted by atomic mass is 16.5. The van der Waals surface area contributed by atoms with Crippen LogP contribution in [0.2, 0.25) is 0 Å². The van der Waals surface area contributed by atoms with E-state index >= 15 is 0 Å². The molecule has 0 unspecified atom stereocenters. The number of fused-ring (bicyclic) bond motifs is 1. The number of carbonyl (C=O) groups excluding carboxylic acids is 2. The number of aromatic nitrogens is 2. The van der Waals surface area contributed by atoms with Gasteiger partial charge in [-0.25, -0.2) is 0 Å². The van der Waals surface area contributed by atoms with Crippen LogP contribution in [0.25, 0.3) is 0 Å². The lowest BCUT2D eigenvalue weighted by Gasteiger charge is -2.29. The first kappa shape index (κ1) is 18.1. The van der Waals surface area contributed by atoms with E-state index in [1.165, 1.54) is 0 Å². The topological polar surface area (TPSA) is 75.6 Å². The first-order valence-corrected chi connectivity index (χ1v) is 9.36. The van der Waals surface area contributed by atoms with Gasteiger partial charge in [-0.3, -0.25) is 19.6 Å². The third-order valence-corrected chi connectivity index (χ3v) is 5.52. The standard InChI is InChI=1S/C20H26N4O3/c1-19(2,3)11-24-12-20-6-5-14(27-20)15(16(20)18(24)26)17(25)23(4)10-13-9-21-7-8-22-13/h5-9,14-16H,10-12H2,1-4H3/t14-,15-,16+,20-/m0/s1. The Bertz CT molecular complexity index is 788. The molecule has 144 valence electrons. The highest BCUT2D eigenvalue weighted by Crippen LogP contribution is 2.52. The van der Waals surface area contributed by atoms with Gasteiger partial charge >= 0.3 is 0 Å². The van der Waals surface area contributed by atoms with Crippen molar-refractivity contribution >= 4 is 11.8 Å². The van der Waals surface area contributed by atoms with Crippen LogP contribution in [-0.2, 0) is 20.9 Å². The molecule has 2 saturated heterocycles. The molecule has 0 aliphatic carbocycles. The number of rotatable bonds is 4. The molecule has 1 spiro atoms. The van der Waals surface area contributed by atoms with Gasteiger partial charge in [0.05, 0.1) is 42.9 Å². The van der Waals surface area contributed by atoms with Gasteiger partial charge in [-0.15, -0.1) is 0 Å². The van der Waals surface area contributed by atoms with E-state index in [0.29, 0.717) is 19.6 Å². The van der Waals surface area contributed by atoms with Crippen molar-refractivity contribution in [3.05, 3.63) is 36.4 Å². The van der Waals surface area contributed by atoms with Crippen LogP contribution < -0.4 is 0 Å². The molecule has 2 bridgehead atoms. The fourth-order valence-electron chi connectivity index (χ4n) is 4.55. The molecule has 0 N–H and O–H groups in total. The maximum absolute atomic E-state index is 13.2. The molecule has 1 aromatic rings. The first-order chi connectivity index (χ1) is 12.7. The van der Waals surface area contributed by atoms with Crippen LogP contribution in [0, 0.1) is 17.3 Å². The molecule has 2 amide bonds. The van der Waals surface area contributed by atoms with Crippen molar-refractivity contribution < 1.29 is 14.3 Å². The van der Waals surface area contributed by atoms with Crippen molar-refractivity contribution in [2.24, 2.45) is 17.3 Å². The Morgan fingerprint density at radius 2 is 2.19 bits per heavy atom. The Labute approximate surface area is 159 Å². The normalized spacial score (nSPS) is 31.5. The summed E-state index contributed by atoms with van der Waals surface area (Å²) in [6.07, 6.45) is 8.47. The lowest BCUT2D eigenvalue weighted by atomic mass is 9.76. The van der Waals surface area contributed by atoms with E-state index in [9.17, 15) is 9.59 Å². The average Bonchev–Trinajstić information content (AvgIpc) is 3.22. The maximum atomic E-state index is 13.2. The second kappa shape index (κ2) is 6.12. The average molecular weight is 370 g/mol. The molecule has 1 aromatic heterocycles. The first-order valence-electron chi connectivity index (χ1n) is 9.36. The third-order valence-electron chi connectivity index (χ3n) is 5.52. The number of amides is 2. The molecule has 3 aliphatic heterocycles. The number of nitrogens with zero attached hydrogens (tertiary/aromatic N) is 4. The predicted octanol–water partition coefficient (Wildman–Crippen LogP) is 1.26. The van der Waals surface area contributed by atoms with Gasteiger partial charge in [-0.05, 0) is 5.41 Å². The number of hydrogen-bond donors (Lipinski definition) is 0. The molecular formula is C20H26N4O3. The van der Waals surface area contributed by atoms with Crippen LogP contribution in [0.3, 0.4) is 0 Å². The molecule has 2 fully saturated rings. The Morgan fingerprint density at radius 1 is 1.41 bits per heavy atom. The van der Waals surface area contributed by atoms with Crippen LogP contribution in [0.1, 0.15) is 26.5 Å². The molecular weight excluding hydrogens is 344 g/mol. The van der Waals surface area contributed by atoms with E-state index in [2.05, 4.69) is 30.7 Å². The molecule has 0 radical (unpaired) electrons. The highest BCUT2D eigenvalue weighted by molar-refractivity contribution is 5.93. The summed E-state index contributed by atoms with van der Waals surface area (Å²) >= 11 is 0. The van der Waals surface area contributed by atoms with E-state index < -0.39 is 17.4 Å². The van der Waals surface area contributed by atoms with E-state index in [-0.39, 0.29) is 23.3 Å². The van der Waals surface area contributed by atoms with Gasteiger partial charge < -0.3 is 14.5 Å². The summed E-state index contributed by atoms with van der Waals surface area (Å²) in [6.45, 7) is 7.87. The summed E-state index contributed by atoms with van der Waals surface area (Å²) in [5.74, 6) is -0.961. The number of ether oxygens (including phenoxy) is 1. The largest absolute Gasteiger partial charge is 0.360 e. The van der Waals surface area contributed by atoms with Gasteiger partial charge in [0, 0.05) is 26.0 Å². The van der Waals surface area contributed by atoms with Gasteiger partial charge in [0.25, 0.3) is 0 Å². The minimum atomic E-state index is -0.652. The van der Waals surface area contributed by atoms with Gasteiger partial charge in [0.1, 0.15) is 5.60 Å². The molecule has 4 heterocycles. The van der Waals surface area contributed by atoms with Crippen LogP contribution in [-0.4, -0.2) is 63.4 Å². The number of hydrogen-bond acceptors (Lipinski definition) is 5. The summed E-state index contributed by atoms with van der Waals surface area (Å²) in [7, 11) is 1.74. The van der Waals surface area contributed by atoms with Crippen molar-refractivity contribution in [3.63, 3.8) is 0 Å². The van der Waals surface area contributed by atoms with Crippen molar-refractivity contribution in [2.75, 3.05) is 20.1 Å². The van der Waals surface area contributed by atoms with Gasteiger partial charge in [0.2, 0.25) is 11.8 Å². The predicted molar refractivity (Wildman–Crippen MR) is 98.3 cm³/mol. The highest BCUT2D eigenvalue weighted by Gasteiger charge is 2.67. The van der Waals surface area contributed by atoms with Crippen LogP contribution >= 0.6 is 0 Å².